The second-order valence-corrected chi connectivity index (χ2v) is 9.37. The van der Waals surface area contributed by atoms with Crippen molar-refractivity contribution in [2.45, 2.75) is 17.5 Å². The zero-order chi connectivity index (χ0) is 22.0. The molecule has 1 aliphatic heterocycles. The maximum Gasteiger partial charge on any atom is 0.329 e. The molecule has 1 unspecified atom stereocenters. The van der Waals surface area contributed by atoms with Crippen LogP contribution in [0.4, 0.5) is 5.69 Å². The molecule has 0 spiro atoms. The van der Waals surface area contributed by atoms with Crippen molar-refractivity contribution in [3.05, 3.63) is 66.4 Å². The van der Waals surface area contributed by atoms with Crippen molar-refractivity contribution in [2.75, 3.05) is 11.1 Å². The molecule has 0 fully saturated rings. The first-order valence-corrected chi connectivity index (χ1v) is 11.8. The Morgan fingerprint density at radius 2 is 1.90 bits per heavy atom. The van der Waals surface area contributed by atoms with Gasteiger partial charge in [-0.15, -0.1) is 0 Å². The number of aromatic nitrogens is 2. The molecule has 160 valence electrons. The van der Waals surface area contributed by atoms with E-state index in [4.69, 9.17) is 5.14 Å². The minimum Gasteiger partial charge on any atom is -0.480 e. The van der Waals surface area contributed by atoms with Crippen LogP contribution in [0.2, 0.25) is 0 Å². The molecule has 0 radical (unpaired) electrons. The molecule has 1 atom stereocenters. The van der Waals surface area contributed by atoms with Gasteiger partial charge in [-0.25, -0.2) is 28.0 Å². The van der Waals surface area contributed by atoms with Gasteiger partial charge in [0.2, 0.25) is 10.0 Å². The highest BCUT2D eigenvalue weighted by molar-refractivity contribution is 8.14. The Labute approximate surface area is 183 Å². The fourth-order valence-corrected chi connectivity index (χ4v) is 4.48. The number of nitrogens with zero attached hydrogens (tertiary/aromatic N) is 3. The highest BCUT2D eigenvalue weighted by Gasteiger charge is 2.26. The van der Waals surface area contributed by atoms with Crippen LogP contribution in [0, 0.1) is 0 Å². The van der Waals surface area contributed by atoms with E-state index < -0.39 is 22.0 Å². The molecule has 2 heterocycles. The molecule has 9 nitrogen and oxygen atoms in total. The summed E-state index contributed by atoms with van der Waals surface area (Å²) in [7, 11) is -3.74. The van der Waals surface area contributed by atoms with Gasteiger partial charge in [-0.2, -0.15) is 5.10 Å². The predicted molar refractivity (Wildman–Crippen MR) is 120 cm³/mol. The third-order valence-electron chi connectivity index (χ3n) is 4.61. The minimum absolute atomic E-state index is 0.0540. The molecular formula is C20H19N5O4S2. The lowest BCUT2D eigenvalue weighted by Gasteiger charge is -2.07. The van der Waals surface area contributed by atoms with Crippen molar-refractivity contribution in [3.63, 3.8) is 0 Å². The van der Waals surface area contributed by atoms with Crippen LogP contribution in [0.5, 0.6) is 0 Å². The van der Waals surface area contributed by atoms with E-state index in [2.05, 4.69) is 15.4 Å². The molecule has 0 saturated carbocycles. The van der Waals surface area contributed by atoms with Crippen molar-refractivity contribution in [1.82, 2.24) is 9.78 Å². The minimum atomic E-state index is -3.74. The number of rotatable bonds is 6. The lowest BCUT2D eigenvalue weighted by atomic mass is 10.1. The van der Waals surface area contributed by atoms with Crippen LogP contribution in [0.1, 0.15) is 5.56 Å². The Bertz CT molecular complexity index is 1240. The maximum atomic E-state index is 11.4. The average molecular weight is 458 g/mol. The van der Waals surface area contributed by atoms with E-state index in [0.717, 1.165) is 16.8 Å². The van der Waals surface area contributed by atoms with E-state index in [1.54, 1.807) is 23.0 Å². The number of nitrogens with one attached hydrogen (secondary N) is 1. The Balaban J connectivity index is 1.61. The molecule has 0 amide bonds. The van der Waals surface area contributed by atoms with Gasteiger partial charge in [0.15, 0.2) is 11.2 Å². The molecule has 4 N–H and O–H groups in total. The van der Waals surface area contributed by atoms with Crippen LogP contribution in [-0.2, 0) is 21.4 Å². The number of nitrogens with two attached hydrogens (primary N) is 1. The number of hydrogen-bond donors (Lipinski definition) is 3. The van der Waals surface area contributed by atoms with Crippen molar-refractivity contribution < 1.29 is 18.3 Å². The lowest BCUT2D eigenvalue weighted by molar-refractivity contribution is -0.137. The Kier molecular flexibility index (Phi) is 5.81. The highest BCUT2D eigenvalue weighted by atomic mass is 32.2. The van der Waals surface area contributed by atoms with Gasteiger partial charge in [-0.3, -0.25) is 0 Å². The molecule has 1 aliphatic rings. The number of carbonyl (C=O) groups is 1. The van der Waals surface area contributed by atoms with Crippen molar-refractivity contribution in [3.8, 4) is 11.3 Å². The normalized spacial score (nSPS) is 16.2. The van der Waals surface area contributed by atoms with Gasteiger partial charge >= 0.3 is 5.97 Å². The van der Waals surface area contributed by atoms with E-state index in [1.165, 1.54) is 23.9 Å². The van der Waals surface area contributed by atoms with E-state index in [0.29, 0.717) is 23.2 Å². The molecule has 4 rings (SSSR count). The molecule has 11 heteroatoms. The second-order valence-electron chi connectivity index (χ2n) is 6.82. The quantitative estimate of drug-likeness (QED) is 0.515. The molecule has 3 aromatic rings. The van der Waals surface area contributed by atoms with E-state index in [9.17, 15) is 18.3 Å². The SMILES string of the molecule is NS(=O)(=O)c1ccc(CNc2cn(C3=NC(C(=O)O)CS3)nc2-c2ccccc2)cc1. The summed E-state index contributed by atoms with van der Waals surface area (Å²) in [5, 5.41) is 22.8. The van der Waals surface area contributed by atoms with Gasteiger partial charge in [0.05, 0.1) is 16.8 Å². The summed E-state index contributed by atoms with van der Waals surface area (Å²) in [6, 6.07) is 15.1. The Morgan fingerprint density at radius 1 is 1.19 bits per heavy atom. The van der Waals surface area contributed by atoms with Gasteiger partial charge in [-0.1, -0.05) is 54.2 Å². The monoisotopic (exact) mass is 457 g/mol. The van der Waals surface area contributed by atoms with Crippen LogP contribution in [0.3, 0.4) is 0 Å². The predicted octanol–water partition coefficient (Wildman–Crippen LogP) is 2.21. The van der Waals surface area contributed by atoms with E-state index >= 15 is 0 Å². The smallest absolute Gasteiger partial charge is 0.329 e. The molecular weight excluding hydrogens is 438 g/mol. The van der Waals surface area contributed by atoms with Crippen molar-refractivity contribution in [1.29, 1.82) is 0 Å². The molecule has 2 aromatic carbocycles. The van der Waals surface area contributed by atoms with Crippen LogP contribution in [-0.4, -0.2) is 46.2 Å². The van der Waals surface area contributed by atoms with Crippen LogP contribution >= 0.6 is 11.8 Å². The zero-order valence-electron chi connectivity index (χ0n) is 16.2. The summed E-state index contributed by atoms with van der Waals surface area (Å²) in [4.78, 5) is 15.5. The number of primary sulfonamides is 1. The topological polar surface area (TPSA) is 140 Å². The third-order valence-corrected chi connectivity index (χ3v) is 6.58. The fraction of sp³-hybridized carbons (Fsp3) is 0.150. The van der Waals surface area contributed by atoms with Gasteiger partial charge in [0.1, 0.15) is 5.69 Å². The van der Waals surface area contributed by atoms with E-state index in [1.807, 2.05) is 30.3 Å². The first kappa shape index (κ1) is 21.1. The van der Waals surface area contributed by atoms with Crippen molar-refractivity contribution in [2.24, 2.45) is 10.1 Å². The number of thioether (sulfide) groups is 1. The number of carboxylic acid groups (broad SMARTS) is 1. The van der Waals surface area contributed by atoms with E-state index in [-0.39, 0.29) is 4.90 Å². The summed E-state index contributed by atoms with van der Waals surface area (Å²) in [5.41, 5.74) is 3.19. The zero-order valence-corrected chi connectivity index (χ0v) is 17.8. The number of sulfonamides is 1. The first-order valence-electron chi connectivity index (χ1n) is 9.26. The summed E-state index contributed by atoms with van der Waals surface area (Å²) in [6.45, 7) is 0.424. The summed E-state index contributed by atoms with van der Waals surface area (Å²) in [5.74, 6) is -0.594. The number of anilines is 1. The number of carboxylic acids is 1. The maximum absolute atomic E-state index is 11.4. The number of aliphatic carboxylic acids is 1. The molecule has 0 saturated heterocycles. The average Bonchev–Trinajstić information content (AvgIpc) is 3.40. The first-order chi connectivity index (χ1) is 14.8. The third kappa shape index (κ3) is 4.79. The summed E-state index contributed by atoms with van der Waals surface area (Å²) >= 11 is 1.34. The molecule has 0 bridgehead atoms. The van der Waals surface area contributed by atoms with Gasteiger partial charge in [-0.05, 0) is 17.7 Å². The van der Waals surface area contributed by atoms with Gasteiger partial charge < -0.3 is 10.4 Å². The van der Waals surface area contributed by atoms with Gasteiger partial charge in [0, 0.05) is 17.9 Å². The molecule has 0 aliphatic carbocycles. The largest absolute Gasteiger partial charge is 0.480 e. The summed E-state index contributed by atoms with van der Waals surface area (Å²) in [6.07, 6.45) is 1.77. The summed E-state index contributed by atoms with van der Waals surface area (Å²) < 4.78 is 24.4. The highest BCUT2D eigenvalue weighted by Crippen LogP contribution is 2.29. The van der Waals surface area contributed by atoms with Crippen molar-refractivity contribution >= 4 is 38.6 Å². The number of hydrogen-bond acceptors (Lipinski definition) is 7. The lowest BCUT2D eigenvalue weighted by Crippen LogP contribution is -2.17. The fourth-order valence-electron chi connectivity index (χ4n) is 3.02. The Hall–Kier alpha value is -3.15. The standard InChI is InChI=1S/C20H19N5O4S2/c21-31(28,29)15-8-6-13(7-9-15)10-22-16-11-25(20-23-17(12-30-20)19(26)27)24-18(16)14-4-2-1-3-5-14/h1-9,11,17,22H,10,12H2,(H,26,27)(H2,21,28,29). The van der Waals surface area contributed by atoms with Crippen LogP contribution < -0.4 is 10.5 Å². The van der Waals surface area contributed by atoms with Crippen LogP contribution in [0.15, 0.2) is 70.7 Å². The Morgan fingerprint density at radius 3 is 2.52 bits per heavy atom. The number of benzene rings is 2. The van der Waals surface area contributed by atoms with Crippen LogP contribution in [0.25, 0.3) is 11.3 Å². The second kappa shape index (κ2) is 8.53. The molecule has 1 aromatic heterocycles. The number of aliphatic imine (C=N–C) groups is 1. The molecule has 31 heavy (non-hydrogen) atoms. The van der Waals surface area contributed by atoms with Gasteiger partial charge in [0.25, 0.3) is 0 Å².